The summed E-state index contributed by atoms with van der Waals surface area (Å²) in [5.74, 6) is 0. The van der Waals surface area contributed by atoms with E-state index in [4.69, 9.17) is 23.2 Å². The van der Waals surface area contributed by atoms with Crippen LogP contribution in [0.25, 0.3) is 0 Å². The Labute approximate surface area is 134 Å². The van der Waals surface area contributed by atoms with Crippen molar-refractivity contribution in [2.45, 2.75) is 11.4 Å². The van der Waals surface area contributed by atoms with Gasteiger partial charge in [0.2, 0.25) is 10.0 Å². The highest BCUT2D eigenvalue weighted by atomic mass is 35.5. The summed E-state index contributed by atoms with van der Waals surface area (Å²) < 4.78 is 25.8. The van der Waals surface area contributed by atoms with E-state index in [0.29, 0.717) is 22.3 Å². The number of rotatable bonds is 5. The van der Waals surface area contributed by atoms with Crippen molar-refractivity contribution in [2.24, 2.45) is 0 Å². The molecule has 0 fully saturated rings. The fraction of sp³-hybridized carbons (Fsp3) is 0.143. The molecule has 0 aromatic heterocycles. The van der Waals surface area contributed by atoms with Crippen LogP contribution in [0.15, 0.2) is 47.4 Å². The van der Waals surface area contributed by atoms with E-state index in [9.17, 15) is 8.42 Å². The van der Waals surface area contributed by atoms with Crippen LogP contribution in [0.4, 0.5) is 5.69 Å². The molecule has 4 nitrogen and oxygen atoms in total. The molecule has 0 heterocycles. The van der Waals surface area contributed by atoms with Crippen molar-refractivity contribution in [3.63, 3.8) is 0 Å². The van der Waals surface area contributed by atoms with Crippen LogP contribution < -0.4 is 10.0 Å². The monoisotopic (exact) mass is 344 g/mol. The van der Waals surface area contributed by atoms with E-state index in [0.717, 1.165) is 5.56 Å². The highest BCUT2D eigenvalue weighted by Crippen LogP contribution is 2.22. The maximum atomic E-state index is 11.7. The molecule has 7 heteroatoms. The summed E-state index contributed by atoms with van der Waals surface area (Å²) >= 11 is 11.9. The molecule has 0 aliphatic rings. The second kappa shape index (κ2) is 6.66. The van der Waals surface area contributed by atoms with Gasteiger partial charge in [-0.2, -0.15) is 0 Å². The third kappa shape index (κ3) is 4.11. The van der Waals surface area contributed by atoms with E-state index in [1.54, 1.807) is 30.3 Å². The molecule has 0 saturated carbocycles. The fourth-order valence-electron chi connectivity index (χ4n) is 1.75. The molecule has 2 aromatic carbocycles. The number of hydrogen-bond acceptors (Lipinski definition) is 3. The van der Waals surface area contributed by atoms with Gasteiger partial charge in [-0.15, -0.1) is 0 Å². The van der Waals surface area contributed by atoms with E-state index >= 15 is 0 Å². The van der Waals surface area contributed by atoms with E-state index in [2.05, 4.69) is 10.0 Å². The number of anilines is 1. The van der Waals surface area contributed by atoms with Crippen LogP contribution in [0.5, 0.6) is 0 Å². The first-order valence-electron chi connectivity index (χ1n) is 6.14. The normalized spacial score (nSPS) is 11.4. The highest BCUT2D eigenvalue weighted by molar-refractivity contribution is 7.89. The summed E-state index contributed by atoms with van der Waals surface area (Å²) in [7, 11) is -2.07. The molecule has 0 spiro atoms. The largest absolute Gasteiger partial charge is 0.381 e. The molecule has 0 amide bonds. The van der Waals surface area contributed by atoms with Gasteiger partial charge in [-0.05, 0) is 42.9 Å². The summed E-state index contributed by atoms with van der Waals surface area (Å²) in [6.07, 6.45) is 0. The Hall–Kier alpha value is -1.27. The lowest BCUT2D eigenvalue weighted by Gasteiger charge is -2.10. The van der Waals surface area contributed by atoms with E-state index in [1.165, 1.54) is 13.1 Å². The maximum Gasteiger partial charge on any atom is 0.240 e. The molecule has 0 aliphatic carbocycles. The predicted octanol–water partition coefficient (Wildman–Crippen LogP) is 3.51. The highest BCUT2D eigenvalue weighted by Gasteiger charge is 2.11. The van der Waals surface area contributed by atoms with Crippen molar-refractivity contribution in [1.82, 2.24) is 4.72 Å². The van der Waals surface area contributed by atoms with Gasteiger partial charge in [0.25, 0.3) is 0 Å². The van der Waals surface area contributed by atoms with Crippen molar-refractivity contribution in [3.8, 4) is 0 Å². The smallest absolute Gasteiger partial charge is 0.240 e. The van der Waals surface area contributed by atoms with Crippen molar-refractivity contribution in [3.05, 3.63) is 58.1 Å². The molecule has 2 N–H and O–H groups in total. The molecule has 2 rings (SSSR count). The zero-order chi connectivity index (χ0) is 15.5. The van der Waals surface area contributed by atoms with Gasteiger partial charge in [-0.3, -0.25) is 0 Å². The van der Waals surface area contributed by atoms with E-state index in [1.807, 2.05) is 6.07 Å². The quantitative estimate of drug-likeness (QED) is 0.872. The first-order chi connectivity index (χ1) is 9.92. The molecule has 0 atom stereocenters. The lowest BCUT2D eigenvalue weighted by Crippen LogP contribution is -2.18. The maximum absolute atomic E-state index is 11.7. The lowest BCUT2D eigenvalue weighted by molar-refractivity contribution is 0.588. The van der Waals surface area contributed by atoms with Gasteiger partial charge in [0.1, 0.15) is 0 Å². The van der Waals surface area contributed by atoms with Crippen molar-refractivity contribution in [2.75, 3.05) is 12.4 Å². The Bertz CT molecular complexity index is 748. The molecule has 21 heavy (non-hydrogen) atoms. The summed E-state index contributed by atoms with van der Waals surface area (Å²) in [4.78, 5) is 0.206. The molecular weight excluding hydrogens is 331 g/mol. The summed E-state index contributed by atoms with van der Waals surface area (Å²) in [5.41, 5.74) is 1.57. The zero-order valence-electron chi connectivity index (χ0n) is 11.2. The first-order valence-corrected chi connectivity index (χ1v) is 8.38. The van der Waals surface area contributed by atoms with Gasteiger partial charge >= 0.3 is 0 Å². The van der Waals surface area contributed by atoms with Crippen molar-refractivity contribution in [1.29, 1.82) is 0 Å². The predicted molar refractivity (Wildman–Crippen MR) is 86.5 cm³/mol. The zero-order valence-corrected chi connectivity index (χ0v) is 13.6. The SMILES string of the molecule is CNS(=O)(=O)c1cccc(NCc2ccc(Cl)cc2Cl)c1. The van der Waals surface area contributed by atoms with Gasteiger partial charge in [0.15, 0.2) is 0 Å². The lowest BCUT2D eigenvalue weighted by atomic mass is 10.2. The number of nitrogens with one attached hydrogen (secondary N) is 2. The first kappa shape index (κ1) is 16.1. The average molecular weight is 345 g/mol. The minimum absolute atomic E-state index is 0.206. The number of sulfonamides is 1. The molecule has 112 valence electrons. The van der Waals surface area contributed by atoms with E-state index in [-0.39, 0.29) is 4.90 Å². The second-order valence-electron chi connectivity index (χ2n) is 4.32. The van der Waals surface area contributed by atoms with E-state index < -0.39 is 10.0 Å². The van der Waals surface area contributed by atoms with Crippen molar-refractivity contribution >= 4 is 38.9 Å². The molecule has 0 unspecified atom stereocenters. The Kier molecular flexibility index (Phi) is 5.11. The Morgan fingerprint density at radius 2 is 1.86 bits per heavy atom. The minimum atomic E-state index is -3.45. The van der Waals surface area contributed by atoms with Gasteiger partial charge in [-0.25, -0.2) is 13.1 Å². The van der Waals surface area contributed by atoms with Crippen LogP contribution in [0.3, 0.4) is 0 Å². The summed E-state index contributed by atoms with van der Waals surface area (Å²) in [5, 5.41) is 4.28. The van der Waals surface area contributed by atoms with Crippen molar-refractivity contribution < 1.29 is 8.42 Å². The van der Waals surface area contributed by atoms with Gasteiger partial charge in [0.05, 0.1) is 4.90 Å². The van der Waals surface area contributed by atoms with Crippen LogP contribution in [0, 0.1) is 0 Å². The molecule has 2 aromatic rings. The third-order valence-corrected chi connectivity index (χ3v) is 4.91. The number of benzene rings is 2. The molecule has 0 saturated heterocycles. The van der Waals surface area contributed by atoms with Crippen LogP contribution >= 0.6 is 23.2 Å². The Balaban J connectivity index is 2.16. The van der Waals surface area contributed by atoms with Crippen LogP contribution in [-0.4, -0.2) is 15.5 Å². The third-order valence-electron chi connectivity index (χ3n) is 2.91. The molecule has 0 aliphatic heterocycles. The Morgan fingerprint density at radius 3 is 2.52 bits per heavy atom. The topological polar surface area (TPSA) is 58.2 Å². The van der Waals surface area contributed by atoms with Crippen LogP contribution in [-0.2, 0) is 16.6 Å². The van der Waals surface area contributed by atoms with Gasteiger partial charge in [0, 0.05) is 22.3 Å². The Morgan fingerprint density at radius 1 is 1.10 bits per heavy atom. The molecule has 0 radical (unpaired) electrons. The summed E-state index contributed by atoms with van der Waals surface area (Å²) in [6.45, 7) is 0.471. The average Bonchev–Trinajstić information content (AvgIpc) is 2.46. The second-order valence-corrected chi connectivity index (χ2v) is 7.05. The minimum Gasteiger partial charge on any atom is -0.381 e. The van der Waals surface area contributed by atoms with Crippen LogP contribution in [0.1, 0.15) is 5.56 Å². The van der Waals surface area contributed by atoms with Gasteiger partial charge in [-0.1, -0.05) is 35.3 Å². The number of halogens is 2. The van der Waals surface area contributed by atoms with Gasteiger partial charge < -0.3 is 5.32 Å². The van der Waals surface area contributed by atoms with Crippen LogP contribution in [0.2, 0.25) is 10.0 Å². The standard InChI is InChI=1S/C14H14Cl2N2O2S/c1-17-21(19,20)13-4-2-3-12(8-13)18-9-10-5-6-11(15)7-14(10)16/h2-8,17-18H,9H2,1H3. The molecular formula is C14H14Cl2N2O2S. The molecule has 0 bridgehead atoms. The fourth-order valence-corrected chi connectivity index (χ4v) is 3.00. The number of hydrogen-bond donors (Lipinski definition) is 2. The summed E-state index contributed by atoms with van der Waals surface area (Å²) in [6, 6.07) is 11.8.